The smallest absolute Gasteiger partial charge is 0.0700 e. The standard InChI is InChI=1S/C9H20N2O2/c1-12-5-6-13-4-2-3-11-9-7-10-8-9/h9-11H,2-8H2,1H3. The van der Waals surface area contributed by atoms with E-state index in [2.05, 4.69) is 10.6 Å². The first-order valence-electron chi connectivity index (χ1n) is 4.94. The average Bonchev–Trinajstić information content (AvgIpc) is 2.07. The molecule has 1 heterocycles. The molecule has 2 N–H and O–H groups in total. The van der Waals surface area contributed by atoms with Crippen LogP contribution in [-0.2, 0) is 9.47 Å². The number of ether oxygens (including phenoxy) is 2. The molecule has 0 spiro atoms. The third-order valence-electron chi connectivity index (χ3n) is 2.11. The molecule has 0 amide bonds. The van der Waals surface area contributed by atoms with Crippen LogP contribution in [0, 0.1) is 0 Å². The number of rotatable bonds is 8. The summed E-state index contributed by atoms with van der Waals surface area (Å²) in [6.07, 6.45) is 1.08. The molecular weight excluding hydrogens is 168 g/mol. The van der Waals surface area contributed by atoms with Crippen molar-refractivity contribution in [1.82, 2.24) is 10.6 Å². The molecule has 0 aliphatic carbocycles. The molecule has 4 heteroatoms. The van der Waals surface area contributed by atoms with Gasteiger partial charge in [-0.05, 0) is 13.0 Å². The SMILES string of the molecule is COCCOCCCNC1CNC1. The first kappa shape index (κ1) is 10.9. The van der Waals surface area contributed by atoms with Crippen molar-refractivity contribution < 1.29 is 9.47 Å². The van der Waals surface area contributed by atoms with E-state index < -0.39 is 0 Å². The molecule has 1 aliphatic rings. The Labute approximate surface area is 80.0 Å². The molecule has 4 nitrogen and oxygen atoms in total. The Balaban J connectivity index is 1.68. The molecule has 13 heavy (non-hydrogen) atoms. The first-order chi connectivity index (χ1) is 6.43. The minimum atomic E-state index is 0.693. The molecule has 1 fully saturated rings. The minimum absolute atomic E-state index is 0.693. The van der Waals surface area contributed by atoms with Crippen LogP contribution in [0.4, 0.5) is 0 Å². The van der Waals surface area contributed by atoms with E-state index in [1.807, 2.05) is 0 Å². The molecule has 1 saturated heterocycles. The normalized spacial score (nSPS) is 17.3. The highest BCUT2D eigenvalue weighted by Crippen LogP contribution is 1.90. The molecule has 1 rings (SSSR count). The Morgan fingerprint density at radius 1 is 1.31 bits per heavy atom. The second kappa shape index (κ2) is 7.26. The Hall–Kier alpha value is -0.160. The molecule has 0 aromatic heterocycles. The maximum Gasteiger partial charge on any atom is 0.0700 e. The molecule has 0 radical (unpaired) electrons. The largest absolute Gasteiger partial charge is 0.382 e. The lowest BCUT2D eigenvalue weighted by Crippen LogP contribution is -2.55. The molecule has 1 aliphatic heterocycles. The van der Waals surface area contributed by atoms with Gasteiger partial charge in [0, 0.05) is 32.8 Å². The molecular formula is C9H20N2O2. The third kappa shape index (κ3) is 5.21. The zero-order chi connectivity index (χ0) is 9.36. The van der Waals surface area contributed by atoms with Gasteiger partial charge in [-0.3, -0.25) is 0 Å². The van der Waals surface area contributed by atoms with Gasteiger partial charge < -0.3 is 20.1 Å². The van der Waals surface area contributed by atoms with Crippen molar-refractivity contribution in [2.75, 3.05) is 46.6 Å². The Morgan fingerprint density at radius 2 is 2.15 bits per heavy atom. The van der Waals surface area contributed by atoms with Gasteiger partial charge in [0.15, 0.2) is 0 Å². The molecule has 0 bridgehead atoms. The second-order valence-electron chi connectivity index (χ2n) is 3.27. The first-order valence-corrected chi connectivity index (χ1v) is 4.94. The van der Waals surface area contributed by atoms with Crippen LogP contribution in [0.15, 0.2) is 0 Å². The Morgan fingerprint density at radius 3 is 2.77 bits per heavy atom. The van der Waals surface area contributed by atoms with E-state index in [-0.39, 0.29) is 0 Å². The summed E-state index contributed by atoms with van der Waals surface area (Å²) < 4.78 is 10.2. The van der Waals surface area contributed by atoms with Crippen LogP contribution in [0.5, 0.6) is 0 Å². The van der Waals surface area contributed by atoms with Gasteiger partial charge in [-0.25, -0.2) is 0 Å². The highest BCUT2D eigenvalue weighted by Gasteiger charge is 2.14. The van der Waals surface area contributed by atoms with Crippen LogP contribution in [0.2, 0.25) is 0 Å². The van der Waals surface area contributed by atoms with Crippen molar-refractivity contribution in [3.05, 3.63) is 0 Å². The monoisotopic (exact) mass is 188 g/mol. The molecule has 0 aromatic rings. The quantitative estimate of drug-likeness (QED) is 0.509. The lowest BCUT2D eigenvalue weighted by molar-refractivity contribution is 0.0690. The molecule has 0 unspecified atom stereocenters. The third-order valence-corrected chi connectivity index (χ3v) is 2.11. The minimum Gasteiger partial charge on any atom is -0.382 e. The van der Waals surface area contributed by atoms with E-state index in [1.165, 1.54) is 0 Å². The van der Waals surface area contributed by atoms with Crippen molar-refractivity contribution in [1.29, 1.82) is 0 Å². The van der Waals surface area contributed by atoms with Gasteiger partial charge >= 0.3 is 0 Å². The van der Waals surface area contributed by atoms with Crippen molar-refractivity contribution in [2.24, 2.45) is 0 Å². The van der Waals surface area contributed by atoms with Gasteiger partial charge in [0.2, 0.25) is 0 Å². The summed E-state index contributed by atoms with van der Waals surface area (Å²) in [5.41, 5.74) is 0. The van der Waals surface area contributed by atoms with Crippen LogP contribution in [0.3, 0.4) is 0 Å². The van der Waals surface area contributed by atoms with Crippen LogP contribution in [-0.4, -0.2) is 52.6 Å². The summed E-state index contributed by atoms with van der Waals surface area (Å²) in [7, 11) is 1.69. The van der Waals surface area contributed by atoms with Gasteiger partial charge in [0.25, 0.3) is 0 Å². The van der Waals surface area contributed by atoms with Crippen molar-refractivity contribution in [3.63, 3.8) is 0 Å². The average molecular weight is 188 g/mol. The summed E-state index contributed by atoms with van der Waals surface area (Å²) in [5, 5.41) is 6.66. The van der Waals surface area contributed by atoms with Gasteiger partial charge in [-0.15, -0.1) is 0 Å². The van der Waals surface area contributed by atoms with Crippen molar-refractivity contribution in [3.8, 4) is 0 Å². The fraction of sp³-hybridized carbons (Fsp3) is 1.00. The van der Waals surface area contributed by atoms with E-state index in [0.29, 0.717) is 19.3 Å². The highest BCUT2D eigenvalue weighted by atomic mass is 16.5. The van der Waals surface area contributed by atoms with Gasteiger partial charge in [0.1, 0.15) is 0 Å². The maximum absolute atomic E-state index is 5.33. The zero-order valence-electron chi connectivity index (χ0n) is 8.34. The predicted molar refractivity (Wildman–Crippen MR) is 52.0 cm³/mol. The van der Waals surface area contributed by atoms with Gasteiger partial charge in [-0.2, -0.15) is 0 Å². The summed E-state index contributed by atoms with van der Waals surface area (Å²) in [6.45, 7) is 5.52. The molecule has 78 valence electrons. The van der Waals surface area contributed by atoms with E-state index in [4.69, 9.17) is 9.47 Å². The van der Waals surface area contributed by atoms with Crippen LogP contribution in [0.25, 0.3) is 0 Å². The van der Waals surface area contributed by atoms with E-state index >= 15 is 0 Å². The zero-order valence-corrected chi connectivity index (χ0v) is 8.34. The maximum atomic E-state index is 5.33. The van der Waals surface area contributed by atoms with Gasteiger partial charge in [0.05, 0.1) is 13.2 Å². The van der Waals surface area contributed by atoms with Crippen molar-refractivity contribution >= 4 is 0 Å². The van der Waals surface area contributed by atoms with Crippen LogP contribution < -0.4 is 10.6 Å². The van der Waals surface area contributed by atoms with Crippen molar-refractivity contribution in [2.45, 2.75) is 12.5 Å². The predicted octanol–water partition coefficient (Wildman–Crippen LogP) is -0.399. The Kier molecular flexibility index (Phi) is 6.10. The summed E-state index contributed by atoms with van der Waals surface area (Å²) >= 11 is 0. The lowest BCUT2D eigenvalue weighted by Gasteiger charge is -2.28. The summed E-state index contributed by atoms with van der Waals surface area (Å²) in [6, 6.07) is 0.693. The van der Waals surface area contributed by atoms with Gasteiger partial charge in [-0.1, -0.05) is 0 Å². The molecule has 0 saturated carbocycles. The molecule has 0 aromatic carbocycles. The van der Waals surface area contributed by atoms with E-state index in [1.54, 1.807) is 7.11 Å². The number of methoxy groups -OCH3 is 1. The number of hydrogen-bond acceptors (Lipinski definition) is 4. The topological polar surface area (TPSA) is 42.5 Å². The number of nitrogens with one attached hydrogen (secondary N) is 2. The lowest BCUT2D eigenvalue weighted by atomic mass is 10.2. The van der Waals surface area contributed by atoms with Crippen LogP contribution in [0.1, 0.15) is 6.42 Å². The molecule has 0 atom stereocenters. The summed E-state index contributed by atoms with van der Waals surface area (Å²) in [5.74, 6) is 0. The number of hydrogen-bond donors (Lipinski definition) is 2. The highest BCUT2D eigenvalue weighted by molar-refractivity contribution is 4.80. The Bertz CT molecular complexity index is 118. The van der Waals surface area contributed by atoms with E-state index in [0.717, 1.165) is 32.7 Å². The summed E-state index contributed by atoms with van der Waals surface area (Å²) in [4.78, 5) is 0. The fourth-order valence-electron chi connectivity index (χ4n) is 1.16. The van der Waals surface area contributed by atoms with E-state index in [9.17, 15) is 0 Å². The fourth-order valence-corrected chi connectivity index (χ4v) is 1.16. The van der Waals surface area contributed by atoms with Crippen LogP contribution >= 0.6 is 0 Å². The second-order valence-corrected chi connectivity index (χ2v) is 3.27.